The van der Waals surface area contributed by atoms with Gasteiger partial charge >= 0.3 is 0 Å². The smallest absolute Gasteiger partial charge is 0.267 e. The Bertz CT molecular complexity index is 3850. The van der Waals surface area contributed by atoms with Gasteiger partial charge in [0.25, 0.3) is 17.7 Å². The number of nitrogens with zero attached hydrogens (tertiary/aromatic N) is 8. The largest absolute Gasteiger partial charge is 0.330 e. The first-order valence-electron chi connectivity index (χ1n) is 28.4. The molecule has 0 aliphatic carbocycles. The first-order valence-corrected chi connectivity index (χ1v) is 28.4. The van der Waals surface area contributed by atoms with Crippen molar-refractivity contribution in [1.82, 2.24) is 60.2 Å². The molecule has 7 N–H and O–H groups in total. The lowest BCUT2D eigenvalue weighted by molar-refractivity contribution is -0.124. The highest BCUT2D eigenvalue weighted by Gasteiger charge is 2.16. The number of carbonyl (C=O) groups excluding carboxylic acids is 3. The van der Waals surface area contributed by atoms with Crippen LogP contribution in [0.2, 0.25) is 0 Å². The van der Waals surface area contributed by atoms with Gasteiger partial charge in [0, 0.05) is 64.9 Å². The van der Waals surface area contributed by atoms with Crippen molar-refractivity contribution in [2.24, 2.45) is 14.1 Å². The molecule has 0 bridgehead atoms. The van der Waals surface area contributed by atoms with Crippen LogP contribution >= 0.6 is 0 Å². The maximum absolute atomic E-state index is 11.3. The predicted octanol–water partition coefficient (Wildman–Crippen LogP) is 9.97. The number of rotatable bonds is 23. The zero-order chi connectivity index (χ0) is 60.6. The Labute approximate surface area is 501 Å². The minimum Gasteiger partial charge on any atom is -0.330 e. The van der Waals surface area contributed by atoms with E-state index in [1.807, 2.05) is 99.0 Å². The monoisotopic (exact) mass is 1150 g/mol. The van der Waals surface area contributed by atoms with Crippen molar-refractivity contribution in [1.29, 1.82) is 0 Å². The molecule has 3 amide bonds. The van der Waals surface area contributed by atoms with Gasteiger partial charge in [-0.15, -0.1) is 0 Å². The molecule has 0 saturated heterocycles. The minimum atomic E-state index is -0.565. The summed E-state index contributed by atoms with van der Waals surface area (Å²) < 4.78 is 6.49. The van der Waals surface area contributed by atoms with Crippen LogP contribution in [0.1, 0.15) is 62.8 Å². The van der Waals surface area contributed by atoms with E-state index in [4.69, 9.17) is 25.6 Å². The topological polar surface area (TPSA) is 220 Å². The van der Waals surface area contributed by atoms with E-state index in [0.717, 1.165) is 119 Å². The van der Waals surface area contributed by atoms with Crippen LogP contribution in [0.4, 0.5) is 0 Å². The lowest BCUT2D eigenvalue weighted by Crippen LogP contribution is -2.24. The van der Waals surface area contributed by atoms with Crippen molar-refractivity contribution in [2.75, 3.05) is 20.6 Å². The van der Waals surface area contributed by atoms with E-state index in [9.17, 15) is 14.4 Å². The van der Waals surface area contributed by atoms with Crippen LogP contribution in [-0.2, 0) is 80.6 Å². The molecule has 0 radical (unpaired) electrons. The summed E-state index contributed by atoms with van der Waals surface area (Å²) in [6, 6.07) is 59.3. The number of nitrogens with one attached hydrogen (secondary N) is 4. The summed E-state index contributed by atoms with van der Waals surface area (Å²) in [5.74, 6) is 1.32. The normalized spacial score (nSPS) is 11.5. The van der Waals surface area contributed by atoms with Crippen molar-refractivity contribution in [3.63, 3.8) is 0 Å². The number of imidazole rings is 3. The number of aryl methyl sites for hydroxylation is 5. The fourth-order valence-corrected chi connectivity index (χ4v) is 9.82. The first kappa shape index (κ1) is 62.4. The summed E-state index contributed by atoms with van der Waals surface area (Å²) in [5.41, 5.74) is 18.2. The molecule has 0 atom stereocenters. The Morgan fingerprint density at radius 1 is 0.465 bits per heavy atom. The van der Waals surface area contributed by atoms with Gasteiger partial charge in [-0.25, -0.2) is 31.4 Å². The van der Waals surface area contributed by atoms with E-state index < -0.39 is 17.7 Å². The highest BCUT2D eigenvalue weighted by molar-refractivity contribution is 5.93. The van der Waals surface area contributed by atoms with Gasteiger partial charge in [0.2, 0.25) is 0 Å². The van der Waals surface area contributed by atoms with E-state index in [2.05, 4.69) is 139 Å². The second-order valence-corrected chi connectivity index (χ2v) is 20.9. The van der Waals surface area contributed by atoms with Crippen molar-refractivity contribution >= 4 is 69.0 Å². The third kappa shape index (κ3) is 18.4. The fraction of sp³-hybridized carbons (Fsp3) is 0.206. The van der Waals surface area contributed by atoms with E-state index in [1.165, 1.54) is 40.5 Å². The average molecular weight is 1160 g/mol. The molecule has 10 rings (SSSR count). The lowest BCUT2D eigenvalue weighted by Gasteiger charge is -2.22. The average Bonchev–Trinajstić information content (AvgIpc) is 2.36. The number of fused-ring (bicyclic) bond motifs is 3. The number of hydrogen-bond acceptors (Lipinski definition) is 12. The van der Waals surface area contributed by atoms with Gasteiger partial charge in [-0.05, 0) is 127 Å². The molecule has 10 aromatic rings. The molecule has 0 fully saturated rings. The quantitative estimate of drug-likeness (QED) is 0.0181. The fourth-order valence-electron chi connectivity index (χ4n) is 9.82. The third-order valence-corrected chi connectivity index (χ3v) is 14.2. The molecule has 18 nitrogen and oxygen atoms in total. The van der Waals surface area contributed by atoms with Gasteiger partial charge in [-0.3, -0.25) is 34.9 Å². The van der Waals surface area contributed by atoms with Gasteiger partial charge in [-0.2, -0.15) is 0 Å². The van der Waals surface area contributed by atoms with Crippen LogP contribution in [0.5, 0.6) is 0 Å². The zero-order valence-corrected chi connectivity index (χ0v) is 48.9. The van der Waals surface area contributed by atoms with E-state index in [0.29, 0.717) is 13.1 Å². The van der Waals surface area contributed by atoms with Crippen molar-refractivity contribution < 1.29 is 30.0 Å². The Morgan fingerprint density at radius 2 is 0.872 bits per heavy atom. The van der Waals surface area contributed by atoms with Crippen molar-refractivity contribution in [3.8, 4) is 0 Å². The van der Waals surface area contributed by atoms with E-state index in [1.54, 1.807) is 34.7 Å². The van der Waals surface area contributed by atoms with Crippen LogP contribution in [0.3, 0.4) is 0 Å². The maximum atomic E-state index is 11.3. The summed E-state index contributed by atoms with van der Waals surface area (Å²) in [4.78, 5) is 52.6. The number of amides is 3. The Morgan fingerprint density at radius 3 is 1.34 bits per heavy atom. The second kappa shape index (κ2) is 31.8. The van der Waals surface area contributed by atoms with Crippen LogP contribution in [0.15, 0.2) is 194 Å². The first-order chi connectivity index (χ1) is 41.9. The van der Waals surface area contributed by atoms with Gasteiger partial charge in [0.1, 0.15) is 17.5 Å². The molecule has 0 spiro atoms. The number of aromatic nitrogens is 6. The summed E-state index contributed by atoms with van der Waals surface area (Å²) in [6.45, 7) is 5.74. The van der Waals surface area contributed by atoms with Gasteiger partial charge in [0.05, 0.1) is 46.2 Å². The van der Waals surface area contributed by atoms with Crippen LogP contribution in [-0.4, -0.2) is 92.4 Å². The number of benzene rings is 7. The van der Waals surface area contributed by atoms with E-state index in [-0.39, 0.29) is 0 Å². The molecule has 3 aromatic heterocycles. The maximum Gasteiger partial charge on any atom is 0.267 e. The summed E-state index contributed by atoms with van der Waals surface area (Å²) >= 11 is 0. The molecule has 0 aliphatic heterocycles. The third-order valence-electron chi connectivity index (χ3n) is 14.2. The van der Waals surface area contributed by atoms with Gasteiger partial charge in [0.15, 0.2) is 0 Å². The lowest BCUT2D eigenvalue weighted by atomic mass is 10.1. The predicted molar refractivity (Wildman–Crippen MR) is 338 cm³/mol. The van der Waals surface area contributed by atoms with E-state index >= 15 is 0 Å². The molecular weight excluding hydrogens is 1080 g/mol. The minimum absolute atomic E-state index is 0.553. The highest BCUT2D eigenvalue weighted by atomic mass is 16.5. The molecule has 0 saturated carbocycles. The molecule has 442 valence electrons. The Hall–Kier alpha value is -9.66. The van der Waals surface area contributed by atoms with Crippen molar-refractivity contribution in [2.45, 2.75) is 58.5 Å². The van der Waals surface area contributed by atoms with Gasteiger partial charge < -0.3 is 23.9 Å². The summed E-state index contributed by atoms with van der Waals surface area (Å²) in [7, 11) is 8.19. The molecule has 7 aromatic carbocycles. The van der Waals surface area contributed by atoms with Crippen LogP contribution < -0.4 is 21.8 Å². The molecule has 86 heavy (non-hydrogen) atoms. The molecule has 18 heteroatoms. The van der Waals surface area contributed by atoms with Crippen LogP contribution in [0, 0.1) is 0 Å². The van der Waals surface area contributed by atoms with Gasteiger partial charge in [-0.1, -0.05) is 140 Å². The summed E-state index contributed by atoms with van der Waals surface area (Å²) in [6.07, 6.45) is 11.7. The number of hydroxylamine groups is 3. The standard InChI is InChI=1S/C26H26N4O2.C23H28N4O2.C19H20N4O2/c1-29-24-14-12-20(13-15-26(31)28-32)16-23(24)27-25(29)19-30(17-21-8-4-2-5-9-21)18-22-10-6-3-7-11-22;1-26(2)15-6-16-27-21-12-9-19(11-14-23(28)25-29)17-20(21)24-22(27)13-10-18-7-4-3-5-8-18;1-23-17-9-7-14(8-10-19(24)22-25)11-16(17)21-18(23)13-20-12-15-5-3-2-4-6-15/h2-16,32H,17-19H2,1H3,(H,28,31);3-5,7-9,11-12,14,17,29H,6,10,13,15-16H2,1-2H3,(H,25,28);2-11,20,25H,12-13H2,1H3,(H,22,24)/b15-13+;14-11+;10-8+. The SMILES string of the molecule is CN(C)CCCn1c(CCc2ccccc2)nc2cc(/C=C/C(=O)NO)ccc21.Cn1c(CN(Cc2ccccc2)Cc2ccccc2)nc2cc(/C=C/C(=O)NO)ccc21.Cn1c(CNCc2ccccc2)nc2cc(/C=C/C(=O)NO)ccc21. The van der Waals surface area contributed by atoms with Crippen molar-refractivity contribution in [3.05, 3.63) is 251 Å². The number of hydrogen-bond donors (Lipinski definition) is 7. The highest BCUT2D eigenvalue weighted by Crippen LogP contribution is 2.24. The Balaban J connectivity index is 0.000000169. The molecular formula is C68H74N12O6. The second-order valence-electron chi connectivity index (χ2n) is 20.9. The molecule has 0 aliphatic rings. The molecule has 3 heterocycles. The van der Waals surface area contributed by atoms with Crippen LogP contribution in [0.25, 0.3) is 51.3 Å². The zero-order valence-electron chi connectivity index (χ0n) is 48.9. The molecule has 0 unspecified atom stereocenters. The number of carbonyl (C=O) groups is 3. The Kier molecular flexibility index (Phi) is 23.1. The summed E-state index contributed by atoms with van der Waals surface area (Å²) in [5, 5.41) is 29.2.